The van der Waals surface area contributed by atoms with E-state index in [-0.39, 0.29) is 10.7 Å². The normalized spacial score (nSPS) is 11.2. The molecule has 0 spiro atoms. The molecule has 0 rings (SSSR count). The van der Waals surface area contributed by atoms with Gasteiger partial charge in [0.25, 0.3) is 0 Å². The van der Waals surface area contributed by atoms with E-state index in [0.717, 1.165) is 0 Å². The number of hydrogen-bond acceptors (Lipinski definition) is 2. The monoisotopic (exact) mass is 125 g/mol. The van der Waals surface area contributed by atoms with Crippen molar-refractivity contribution >= 4 is 0 Å². The van der Waals surface area contributed by atoms with Crippen LogP contribution in [0.1, 0.15) is 13.8 Å². The summed E-state index contributed by atoms with van der Waals surface area (Å²) in [5.74, 6) is 0. The fourth-order valence-electron chi connectivity index (χ4n) is 0. The maximum atomic E-state index is 8.59. The molecule has 0 fully saturated rings. The summed E-state index contributed by atoms with van der Waals surface area (Å²) in [5, 5.41) is 17.2. The minimum absolute atomic E-state index is 0. The zero-order chi connectivity index (χ0) is 6.08. The number of nitrogens with zero attached hydrogens (tertiary/aromatic N) is 1. The molecule has 0 saturated heterocycles. The Kier molecular flexibility index (Phi) is 3.97. The van der Waals surface area contributed by atoms with Gasteiger partial charge in [0.2, 0.25) is 0 Å². The van der Waals surface area contributed by atoms with Gasteiger partial charge in [-0.1, -0.05) is 0 Å². The van der Waals surface area contributed by atoms with Gasteiger partial charge in [0.15, 0.2) is 0 Å². The summed E-state index contributed by atoms with van der Waals surface area (Å²) >= 11 is 0. The molecule has 0 aliphatic carbocycles. The molecule has 4 heteroatoms. The lowest BCUT2D eigenvalue weighted by Crippen LogP contribution is -3.00. The first-order valence-corrected chi connectivity index (χ1v) is 2.26. The zero-order valence-corrected chi connectivity index (χ0v) is 5.30. The SMILES string of the molecule is CC(C)[N+](C)(O)O.[F-]. The number of hydrogen-bond donors (Lipinski definition) is 2. The van der Waals surface area contributed by atoms with Crippen molar-refractivity contribution in [3.05, 3.63) is 0 Å². The molecule has 0 radical (unpaired) electrons. The molecule has 0 atom stereocenters. The van der Waals surface area contributed by atoms with Crippen molar-refractivity contribution in [3.8, 4) is 0 Å². The first kappa shape index (κ1) is 10.7. The lowest BCUT2D eigenvalue weighted by molar-refractivity contribution is -1.25. The third-order valence-electron chi connectivity index (χ3n) is 0.978. The third kappa shape index (κ3) is 3.98. The van der Waals surface area contributed by atoms with Crippen molar-refractivity contribution in [2.75, 3.05) is 7.05 Å². The molecule has 0 saturated carbocycles. The molecule has 8 heavy (non-hydrogen) atoms. The molecular weight excluding hydrogens is 113 g/mol. The average molecular weight is 125 g/mol. The van der Waals surface area contributed by atoms with E-state index in [1.807, 2.05) is 0 Å². The van der Waals surface area contributed by atoms with E-state index in [1.165, 1.54) is 7.05 Å². The highest BCUT2D eigenvalue weighted by atomic mass is 19.0. The Morgan fingerprint density at radius 2 is 1.38 bits per heavy atom. The Labute approximate surface area is 48.0 Å². The summed E-state index contributed by atoms with van der Waals surface area (Å²) in [6.45, 7) is 3.44. The second kappa shape index (κ2) is 2.96. The quantitative estimate of drug-likeness (QED) is 0.303. The van der Waals surface area contributed by atoms with Gasteiger partial charge in [-0.3, -0.25) is 0 Å². The highest BCUT2D eigenvalue weighted by molar-refractivity contribution is 4.25. The Bertz CT molecular complexity index is 59.5. The molecule has 0 aliphatic rings. The van der Waals surface area contributed by atoms with Gasteiger partial charge in [0.1, 0.15) is 13.1 Å². The maximum Gasteiger partial charge on any atom is 0.146 e. The van der Waals surface area contributed by atoms with Crippen LogP contribution in [0.15, 0.2) is 0 Å². The Morgan fingerprint density at radius 3 is 1.38 bits per heavy atom. The molecule has 3 nitrogen and oxygen atoms in total. The number of hydroxylamine groups is 4. The molecule has 52 valence electrons. The van der Waals surface area contributed by atoms with E-state index < -0.39 is 4.81 Å². The van der Waals surface area contributed by atoms with Crippen molar-refractivity contribution in [1.82, 2.24) is 0 Å². The van der Waals surface area contributed by atoms with Crippen molar-refractivity contribution in [1.29, 1.82) is 0 Å². The van der Waals surface area contributed by atoms with E-state index in [9.17, 15) is 0 Å². The Morgan fingerprint density at radius 1 is 1.25 bits per heavy atom. The van der Waals surface area contributed by atoms with Crippen LogP contribution in [0.4, 0.5) is 0 Å². The molecule has 0 amide bonds. The lowest BCUT2D eigenvalue weighted by atomic mass is 10.4. The first-order valence-electron chi connectivity index (χ1n) is 2.26. The van der Waals surface area contributed by atoms with Gasteiger partial charge >= 0.3 is 0 Å². The van der Waals surface area contributed by atoms with E-state index in [4.69, 9.17) is 10.4 Å². The van der Waals surface area contributed by atoms with Crippen molar-refractivity contribution < 1.29 is 19.9 Å². The van der Waals surface area contributed by atoms with Crippen LogP contribution in [0.3, 0.4) is 0 Å². The van der Waals surface area contributed by atoms with Crippen LogP contribution in [-0.4, -0.2) is 28.3 Å². The standard InChI is InChI=1S/C4H12NO2.FH/c1-4(2)5(3,6)7;/h4,6-7H,1-3H3;1H/q+1;/p-1. The molecule has 0 heterocycles. The van der Waals surface area contributed by atoms with Crippen LogP contribution >= 0.6 is 0 Å². The maximum absolute atomic E-state index is 8.59. The fraction of sp³-hybridized carbons (Fsp3) is 1.00. The van der Waals surface area contributed by atoms with Crippen LogP contribution in [-0.2, 0) is 0 Å². The second-order valence-corrected chi connectivity index (χ2v) is 2.07. The predicted octanol–water partition coefficient (Wildman–Crippen LogP) is -2.38. The first-order chi connectivity index (χ1) is 2.94. The summed E-state index contributed by atoms with van der Waals surface area (Å²) in [5.41, 5.74) is 0. The highest BCUT2D eigenvalue weighted by Gasteiger charge is 2.18. The molecule has 0 aromatic carbocycles. The van der Waals surface area contributed by atoms with Gasteiger partial charge in [-0.05, 0) is 18.7 Å². The number of quaternary nitrogens is 1. The van der Waals surface area contributed by atoms with E-state index in [2.05, 4.69) is 0 Å². The summed E-state index contributed by atoms with van der Waals surface area (Å²) in [6, 6.07) is -0.153. The molecule has 0 aromatic rings. The topological polar surface area (TPSA) is 40.5 Å². The van der Waals surface area contributed by atoms with Crippen LogP contribution in [0.5, 0.6) is 0 Å². The molecule has 0 aromatic heterocycles. The molecule has 2 N–H and O–H groups in total. The largest absolute Gasteiger partial charge is 1.00 e. The van der Waals surface area contributed by atoms with Crippen molar-refractivity contribution in [2.45, 2.75) is 19.9 Å². The van der Waals surface area contributed by atoms with Crippen LogP contribution < -0.4 is 4.70 Å². The summed E-state index contributed by atoms with van der Waals surface area (Å²) < 4.78 is 0. The number of halogens is 1. The fourth-order valence-corrected chi connectivity index (χ4v) is 0. The molecule has 0 aliphatic heterocycles. The van der Waals surface area contributed by atoms with Gasteiger partial charge in [-0.2, -0.15) is 10.4 Å². The van der Waals surface area contributed by atoms with E-state index in [0.29, 0.717) is 0 Å². The second-order valence-electron chi connectivity index (χ2n) is 2.07. The van der Waals surface area contributed by atoms with Gasteiger partial charge in [0.05, 0.1) is 0 Å². The molecular formula is C4H12FNO2. The van der Waals surface area contributed by atoms with Crippen LogP contribution in [0.2, 0.25) is 0 Å². The highest BCUT2D eigenvalue weighted by Crippen LogP contribution is 1.96. The minimum atomic E-state index is -0.944. The average Bonchev–Trinajstić information content (AvgIpc) is 1.31. The van der Waals surface area contributed by atoms with Crippen LogP contribution in [0.25, 0.3) is 0 Å². The Hall–Kier alpha value is -0.190. The lowest BCUT2D eigenvalue weighted by Gasteiger charge is -2.18. The summed E-state index contributed by atoms with van der Waals surface area (Å²) in [4.78, 5) is -0.944. The third-order valence-corrected chi connectivity index (χ3v) is 0.978. The Balaban J connectivity index is 0. The van der Waals surface area contributed by atoms with E-state index in [1.54, 1.807) is 13.8 Å². The zero-order valence-electron chi connectivity index (χ0n) is 5.30. The summed E-state index contributed by atoms with van der Waals surface area (Å²) in [7, 11) is 1.31. The van der Waals surface area contributed by atoms with Gasteiger partial charge in [-0.25, -0.2) is 0 Å². The van der Waals surface area contributed by atoms with Gasteiger partial charge in [-0.15, -0.1) is 0 Å². The minimum Gasteiger partial charge on any atom is -1.00 e. The van der Waals surface area contributed by atoms with Crippen LogP contribution in [0, 0.1) is 0 Å². The smallest absolute Gasteiger partial charge is 0.146 e. The van der Waals surface area contributed by atoms with Crippen molar-refractivity contribution in [2.24, 2.45) is 0 Å². The molecule has 0 unspecified atom stereocenters. The van der Waals surface area contributed by atoms with Gasteiger partial charge < -0.3 is 4.70 Å². The van der Waals surface area contributed by atoms with Crippen molar-refractivity contribution in [3.63, 3.8) is 0 Å². The van der Waals surface area contributed by atoms with E-state index >= 15 is 0 Å². The summed E-state index contributed by atoms with van der Waals surface area (Å²) in [6.07, 6.45) is 0. The molecule has 0 bridgehead atoms. The predicted molar refractivity (Wildman–Crippen MR) is 24.9 cm³/mol. The van der Waals surface area contributed by atoms with Gasteiger partial charge in [0, 0.05) is 0 Å². The number of rotatable bonds is 1.